The number of hydrogen-bond acceptors (Lipinski definition) is 5. The first kappa shape index (κ1) is 57.8. The normalized spacial score (nSPS) is 13.1. The van der Waals surface area contributed by atoms with Gasteiger partial charge in [0, 0.05) is 12.8 Å². The first-order valence-corrected chi connectivity index (χ1v) is 25.9. The van der Waals surface area contributed by atoms with E-state index >= 15 is 0 Å². The molecule has 6 heteroatoms. The van der Waals surface area contributed by atoms with Gasteiger partial charge < -0.3 is 20.3 Å². The Kier molecular flexibility index (Phi) is 47.7. The fraction of sp³-hybridized carbons (Fsp3) is 0.815. The maximum absolute atomic E-state index is 12.4. The lowest BCUT2D eigenvalue weighted by Gasteiger charge is -2.20. The molecule has 0 aromatic rings. The van der Waals surface area contributed by atoms with Crippen LogP contribution in [0, 0.1) is 0 Å². The monoisotopic (exact) mass is 842 g/mol. The molecule has 0 aliphatic carbocycles. The number of nitrogens with one attached hydrogen (secondary N) is 1. The summed E-state index contributed by atoms with van der Waals surface area (Å²) >= 11 is 0. The molecule has 0 fully saturated rings. The predicted octanol–water partition coefficient (Wildman–Crippen LogP) is 15.5. The lowest BCUT2D eigenvalue weighted by molar-refractivity contribution is -0.143. The molecule has 6 nitrogen and oxygen atoms in total. The van der Waals surface area contributed by atoms with Gasteiger partial charge in [0.05, 0.1) is 25.4 Å². The molecule has 0 saturated heterocycles. The summed E-state index contributed by atoms with van der Waals surface area (Å²) in [7, 11) is 0. The molecule has 0 radical (unpaired) electrons. The smallest absolute Gasteiger partial charge is 0.305 e. The molecule has 0 saturated carbocycles. The maximum Gasteiger partial charge on any atom is 0.305 e. The molecule has 3 N–H and O–H groups in total. The molecule has 60 heavy (non-hydrogen) atoms. The highest BCUT2D eigenvalue weighted by molar-refractivity contribution is 5.76. The second-order valence-electron chi connectivity index (χ2n) is 17.5. The fourth-order valence-electron chi connectivity index (χ4n) is 7.54. The van der Waals surface area contributed by atoms with Crippen molar-refractivity contribution in [2.75, 3.05) is 13.2 Å². The number of allylic oxidation sites excluding steroid dienone is 7. The zero-order valence-corrected chi connectivity index (χ0v) is 39.7. The van der Waals surface area contributed by atoms with Gasteiger partial charge in [-0.25, -0.2) is 0 Å². The van der Waals surface area contributed by atoms with Crippen LogP contribution in [-0.4, -0.2) is 47.4 Å². The number of aliphatic hydroxyl groups excluding tert-OH is 2. The topological polar surface area (TPSA) is 95.9 Å². The van der Waals surface area contributed by atoms with Crippen molar-refractivity contribution < 1.29 is 24.5 Å². The second kappa shape index (κ2) is 49.5. The third kappa shape index (κ3) is 45.3. The molecule has 0 rings (SSSR count). The largest absolute Gasteiger partial charge is 0.466 e. The van der Waals surface area contributed by atoms with E-state index in [0.717, 1.165) is 89.9 Å². The Morgan fingerprint density at radius 2 is 0.833 bits per heavy atom. The highest BCUT2D eigenvalue weighted by Gasteiger charge is 2.18. The van der Waals surface area contributed by atoms with Crippen LogP contribution in [0.2, 0.25) is 0 Å². The van der Waals surface area contributed by atoms with Gasteiger partial charge in [-0.3, -0.25) is 9.59 Å². The Balaban J connectivity index is 3.59. The van der Waals surface area contributed by atoms with Crippen LogP contribution >= 0.6 is 0 Å². The average Bonchev–Trinajstić information content (AvgIpc) is 3.25. The van der Waals surface area contributed by atoms with Crippen LogP contribution in [0.5, 0.6) is 0 Å². The van der Waals surface area contributed by atoms with Crippen molar-refractivity contribution >= 4 is 11.9 Å². The Labute approximate surface area is 372 Å². The molecule has 2 unspecified atom stereocenters. The van der Waals surface area contributed by atoms with Crippen molar-refractivity contribution in [2.24, 2.45) is 0 Å². The van der Waals surface area contributed by atoms with E-state index in [9.17, 15) is 19.8 Å². The van der Waals surface area contributed by atoms with Crippen LogP contribution in [0.15, 0.2) is 48.6 Å². The van der Waals surface area contributed by atoms with Gasteiger partial charge in [-0.2, -0.15) is 0 Å². The summed E-state index contributed by atoms with van der Waals surface area (Å²) in [6.45, 7) is 4.78. The molecule has 0 aromatic heterocycles. The first-order chi connectivity index (χ1) is 29.5. The van der Waals surface area contributed by atoms with E-state index in [2.05, 4.69) is 55.6 Å². The molecule has 350 valence electrons. The number of aliphatic hydroxyl groups is 2. The highest BCUT2D eigenvalue weighted by atomic mass is 16.5. The lowest BCUT2D eigenvalue weighted by atomic mass is 10.0. The third-order valence-corrected chi connectivity index (χ3v) is 11.6. The number of esters is 1. The van der Waals surface area contributed by atoms with E-state index in [1.807, 2.05) is 6.08 Å². The van der Waals surface area contributed by atoms with E-state index in [1.54, 1.807) is 6.08 Å². The van der Waals surface area contributed by atoms with Gasteiger partial charge in [-0.15, -0.1) is 0 Å². The Morgan fingerprint density at radius 1 is 0.467 bits per heavy atom. The average molecular weight is 842 g/mol. The Morgan fingerprint density at radius 3 is 1.30 bits per heavy atom. The van der Waals surface area contributed by atoms with Crippen LogP contribution in [0.1, 0.15) is 258 Å². The number of unbranched alkanes of at least 4 members (excludes halogenated alkanes) is 30. The lowest BCUT2D eigenvalue weighted by Crippen LogP contribution is -2.45. The van der Waals surface area contributed by atoms with Crippen molar-refractivity contribution in [1.29, 1.82) is 0 Å². The Bertz CT molecular complexity index is 1020. The highest BCUT2D eigenvalue weighted by Crippen LogP contribution is 2.15. The van der Waals surface area contributed by atoms with Gasteiger partial charge >= 0.3 is 5.97 Å². The number of hydrogen-bond donors (Lipinski definition) is 3. The van der Waals surface area contributed by atoms with E-state index < -0.39 is 12.1 Å². The van der Waals surface area contributed by atoms with Gasteiger partial charge in [0.1, 0.15) is 0 Å². The minimum Gasteiger partial charge on any atom is -0.466 e. The molecule has 0 aromatic carbocycles. The van der Waals surface area contributed by atoms with Crippen LogP contribution in [0.3, 0.4) is 0 Å². The minimum atomic E-state index is -0.868. The maximum atomic E-state index is 12.4. The standard InChI is InChI=1S/C54H99NO5/c1-3-5-7-9-11-13-15-17-19-21-22-24-26-30-34-38-42-46-52(57)51(50-56)55-53(58)47-43-39-35-31-28-29-33-37-41-45-49-60-54(59)48-44-40-36-32-27-25-23-20-18-16-14-12-10-8-6-4-2/h14,16,20,23,29,33,42,46,51-52,56-57H,3-13,15,17-19,21-22,24-28,30-32,34-41,43-45,47-50H2,1-2H3,(H,55,58)/b16-14-,23-20-,33-29-,46-42+. The van der Waals surface area contributed by atoms with Gasteiger partial charge in [0.15, 0.2) is 0 Å². The third-order valence-electron chi connectivity index (χ3n) is 11.6. The van der Waals surface area contributed by atoms with Crippen molar-refractivity contribution in [2.45, 2.75) is 270 Å². The van der Waals surface area contributed by atoms with Gasteiger partial charge in [0.2, 0.25) is 5.91 Å². The molecule has 0 aliphatic rings. The SMILES string of the molecule is CCCCCC/C=C\C/C=C\CCCCCCCC(=O)OCCCC/C=C\CCCCCCC(=O)NC(CO)C(O)/C=C/CCCCCCCCCCCCCCCCC. The van der Waals surface area contributed by atoms with Crippen molar-refractivity contribution in [3.8, 4) is 0 Å². The molecular formula is C54H99NO5. The van der Waals surface area contributed by atoms with Gasteiger partial charge in [0.25, 0.3) is 0 Å². The van der Waals surface area contributed by atoms with Gasteiger partial charge in [-0.05, 0) is 89.9 Å². The molecule has 1 amide bonds. The summed E-state index contributed by atoms with van der Waals surface area (Å²) in [5.41, 5.74) is 0. The summed E-state index contributed by atoms with van der Waals surface area (Å²) < 4.78 is 5.43. The van der Waals surface area contributed by atoms with E-state index in [0.29, 0.717) is 19.4 Å². The summed E-state index contributed by atoms with van der Waals surface area (Å²) in [4.78, 5) is 24.5. The quantitative estimate of drug-likeness (QED) is 0.0322. The summed E-state index contributed by atoms with van der Waals surface area (Å²) in [6, 6.07) is -0.655. The van der Waals surface area contributed by atoms with E-state index in [1.165, 1.54) is 141 Å². The van der Waals surface area contributed by atoms with Crippen molar-refractivity contribution in [1.82, 2.24) is 5.32 Å². The van der Waals surface area contributed by atoms with Crippen LogP contribution in [0.25, 0.3) is 0 Å². The number of rotatable bonds is 47. The minimum absolute atomic E-state index is 0.0526. The Hall–Kier alpha value is -2.18. The molecule has 0 heterocycles. The number of carbonyl (C=O) groups is 2. The van der Waals surface area contributed by atoms with Gasteiger partial charge in [-0.1, -0.05) is 204 Å². The summed E-state index contributed by atoms with van der Waals surface area (Å²) in [5, 5.41) is 23.1. The number of carbonyl (C=O) groups excluding carboxylic acids is 2. The number of ether oxygens (including phenoxy) is 1. The van der Waals surface area contributed by atoms with Crippen molar-refractivity contribution in [3.05, 3.63) is 48.6 Å². The molecule has 0 aliphatic heterocycles. The summed E-state index contributed by atoms with van der Waals surface area (Å²) in [5.74, 6) is -0.158. The van der Waals surface area contributed by atoms with E-state index in [4.69, 9.17) is 4.74 Å². The first-order valence-electron chi connectivity index (χ1n) is 25.9. The zero-order valence-electron chi connectivity index (χ0n) is 39.7. The molecule has 0 bridgehead atoms. The van der Waals surface area contributed by atoms with Crippen LogP contribution in [-0.2, 0) is 14.3 Å². The zero-order chi connectivity index (χ0) is 43.7. The fourth-order valence-corrected chi connectivity index (χ4v) is 7.54. The van der Waals surface area contributed by atoms with Crippen LogP contribution in [0.4, 0.5) is 0 Å². The second-order valence-corrected chi connectivity index (χ2v) is 17.5. The molecular weight excluding hydrogens is 743 g/mol. The van der Waals surface area contributed by atoms with E-state index in [-0.39, 0.29) is 18.5 Å². The molecule has 2 atom stereocenters. The van der Waals surface area contributed by atoms with Crippen LogP contribution < -0.4 is 5.32 Å². The predicted molar refractivity (Wildman–Crippen MR) is 259 cm³/mol. The molecule has 0 spiro atoms. The number of amides is 1. The summed E-state index contributed by atoms with van der Waals surface area (Å²) in [6.07, 6.45) is 61.1. The van der Waals surface area contributed by atoms with Crippen molar-refractivity contribution in [3.63, 3.8) is 0 Å².